The van der Waals surface area contributed by atoms with Gasteiger partial charge in [-0.05, 0) is 104 Å². The Balaban J connectivity index is 0.747. The number of hydrogen-bond donors (Lipinski definition) is 4. The number of fused-ring (bicyclic) bond motifs is 2. The second kappa shape index (κ2) is 16.7. The summed E-state index contributed by atoms with van der Waals surface area (Å²) in [6, 6.07) is 22.9. The molecule has 17 heteroatoms. The molecule has 1 atom stereocenters. The van der Waals surface area contributed by atoms with Gasteiger partial charge in [0.25, 0.3) is 5.91 Å². The van der Waals surface area contributed by atoms with Gasteiger partial charge in [-0.15, -0.1) is 0 Å². The van der Waals surface area contributed by atoms with Crippen molar-refractivity contribution in [3.63, 3.8) is 0 Å². The molecule has 0 aliphatic carbocycles. The Hall–Kier alpha value is -7.01. The van der Waals surface area contributed by atoms with Gasteiger partial charge in [-0.3, -0.25) is 29.7 Å². The number of nitrogens with zero attached hydrogens (tertiary/aromatic N) is 8. The molecule has 0 radical (unpaired) electrons. The fourth-order valence-corrected chi connectivity index (χ4v) is 9.42. The number of urea groups is 1. The van der Waals surface area contributed by atoms with Crippen LogP contribution in [0.2, 0.25) is 0 Å². The highest BCUT2D eigenvalue weighted by Gasteiger charge is 2.32. The molecule has 10 rings (SSSR count). The number of carbonyl (C=O) groups is 3. The van der Waals surface area contributed by atoms with Gasteiger partial charge in [0, 0.05) is 105 Å². The molecular formula is C46H49FN12O4. The maximum Gasteiger partial charge on any atom is 0.328 e. The van der Waals surface area contributed by atoms with Crippen LogP contribution < -0.4 is 36.4 Å². The highest BCUT2D eigenvalue weighted by molar-refractivity contribution is 6.06. The van der Waals surface area contributed by atoms with Crippen LogP contribution in [0.3, 0.4) is 0 Å². The number of hydrogen-bond acceptors (Lipinski definition) is 12. The molecule has 0 saturated carbocycles. The zero-order valence-electron chi connectivity index (χ0n) is 35.0. The summed E-state index contributed by atoms with van der Waals surface area (Å²) in [6.07, 6.45) is 4.18. The van der Waals surface area contributed by atoms with E-state index < -0.39 is 18.0 Å². The van der Waals surface area contributed by atoms with Crippen molar-refractivity contribution in [3.8, 4) is 11.3 Å². The molecule has 4 amide bonds. The molecule has 5 aromatic rings. The fraction of sp³-hybridized carbons (Fsp3) is 0.348. The number of imide groups is 1. The minimum Gasteiger partial charge on any atom is -0.372 e. The SMILES string of the molecule is Cc1c(C2NC(c3ccccn3)=NO2)ccc(-c2nn3c(c2C(N)=O)Nc2ccc(N4CCN(CC5CCN(c6ccc(N7CCC(=O)NC7=O)cc6)CC5)CC4)cc2CC3)c1F. The van der Waals surface area contributed by atoms with E-state index in [2.05, 4.69) is 65.1 Å². The molecule has 16 nitrogen and oxygen atoms in total. The predicted octanol–water partition coefficient (Wildman–Crippen LogP) is 5.26. The second-order valence-electron chi connectivity index (χ2n) is 16.8. The molecule has 3 aromatic carbocycles. The first-order valence-corrected chi connectivity index (χ1v) is 21.6. The quantitative estimate of drug-likeness (QED) is 0.152. The lowest BCUT2D eigenvalue weighted by Gasteiger charge is -2.40. The number of rotatable bonds is 9. The van der Waals surface area contributed by atoms with Crippen LogP contribution in [0.25, 0.3) is 11.3 Å². The molecule has 1 unspecified atom stereocenters. The summed E-state index contributed by atoms with van der Waals surface area (Å²) in [5.41, 5.74) is 13.1. The van der Waals surface area contributed by atoms with Crippen LogP contribution in [0.5, 0.6) is 0 Å². The number of anilines is 5. The zero-order chi connectivity index (χ0) is 43.2. The van der Waals surface area contributed by atoms with Crippen LogP contribution >= 0.6 is 0 Å². The lowest BCUT2D eigenvalue weighted by Crippen LogP contribution is -2.49. The van der Waals surface area contributed by atoms with Gasteiger partial charge in [0.05, 0.1) is 0 Å². The average Bonchev–Trinajstić information content (AvgIpc) is 3.89. The third-order valence-electron chi connectivity index (χ3n) is 13.0. The minimum absolute atomic E-state index is 0.134. The second-order valence-corrected chi connectivity index (χ2v) is 16.8. The van der Waals surface area contributed by atoms with Gasteiger partial charge in [0.2, 0.25) is 12.1 Å². The van der Waals surface area contributed by atoms with E-state index in [-0.39, 0.29) is 28.8 Å². The van der Waals surface area contributed by atoms with E-state index in [9.17, 15) is 14.4 Å². The third kappa shape index (κ3) is 7.88. The number of pyridine rings is 1. The number of carbonyl (C=O) groups excluding carboxylic acids is 3. The van der Waals surface area contributed by atoms with Crippen molar-refractivity contribution in [2.75, 3.05) is 72.4 Å². The maximum absolute atomic E-state index is 16.3. The van der Waals surface area contributed by atoms with Crippen LogP contribution in [0.15, 0.2) is 84.1 Å². The predicted molar refractivity (Wildman–Crippen MR) is 238 cm³/mol. The summed E-state index contributed by atoms with van der Waals surface area (Å²) >= 11 is 0. The standard InChI is InChI=1S/C46H49FN12O4/c1-28-34(45-52-43(54-63-45)37-4-2-3-17-49-37)10-11-35(40(28)47)41-39(42(48)61)44-50-36-12-9-33(26-30(36)15-21-59(44)53-41)57-24-22-55(23-25-57)27-29-13-18-56(19-14-29)31-5-7-32(8-6-31)58-20-16-38(60)51-46(58)62/h2-12,17,26,29,45,50H,13-16,18-25,27H2,1H3,(H2,48,61)(H,52,54)(H,51,60,62). The van der Waals surface area contributed by atoms with Gasteiger partial charge in [-0.1, -0.05) is 17.3 Å². The fourth-order valence-electron chi connectivity index (χ4n) is 9.42. The molecule has 0 spiro atoms. The molecule has 5 aliphatic heterocycles. The third-order valence-corrected chi connectivity index (χ3v) is 13.0. The van der Waals surface area contributed by atoms with E-state index in [1.807, 2.05) is 30.3 Å². The van der Waals surface area contributed by atoms with Gasteiger partial charge in [0.1, 0.15) is 28.6 Å². The van der Waals surface area contributed by atoms with Crippen molar-refractivity contribution >= 4 is 52.2 Å². The van der Waals surface area contributed by atoms with E-state index in [1.54, 1.807) is 40.9 Å². The molecular weight excluding hydrogens is 804 g/mol. The highest BCUT2D eigenvalue weighted by atomic mass is 19.1. The topological polar surface area (TPSA) is 179 Å². The first-order valence-electron chi connectivity index (χ1n) is 21.6. The average molecular weight is 853 g/mol. The van der Waals surface area contributed by atoms with Crippen LogP contribution in [-0.2, 0) is 22.6 Å². The molecule has 0 bridgehead atoms. The Morgan fingerprint density at radius 1 is 0.857 bits per heavy atom. The number of aryl methyl sites for hydroxylation is 2. The number of piperidine rings is 1. The normalized spacial score (nSPS) is 19.3. The largest absolute Gasteiger partial charge is 0.372 e. The highest BCUT2D eigenvalue weighted by Crippen LogP contribution is 2.39. The van der Waals surface area contributed by atoms with E-state index >= 15 is 4.39 Å². The van der Waals surface area contributed by atoms with E-state index in [1.165, 1.54) is 0 Å². The van der Waals surface area contributed by atoms with Gasteiger partial charge in [-0.2, -0.15) is 5.10 Å². The number of aromatic nitrogens is 3. The van der Waals surface area contributed by atoms with Gasteiger partial charge in [-0.25, -0.2) is 13.9 Å². The molecule has 324 valence electrons. The number of oxime groups is 1. The van der Waals surface area contributed by atoms with Crippen molar-refractivity contribution in [2.24, 2.45) is 16.8 Å². The Labute approximate surface area is 363 Å². The number of amides is 4. The summed E-state index contributed by atoms with van der Waals surface area (Å²) in [5, 5.41) is 17.9. The molecule has 7 heterocycles. The van der Waals surface area contributed by atoms with Crippen molar-refractivity contribution in [3.05, 3.63) is 113 Å². The van der Waals surface area contributed by atoms with Crippen molar-refractivity contribution in [2.45, 2.75) is 45.4 Å². The van der Waals surface area contributed by atoms with E-state index in [4.69, 9.17) is 15.7 Å². The number of nitrogens with one attached hydrogen (secondary N) is 3. The number of primary amides is 1. The van der Waals surface area contributed by atoms with Gasteiger partial charge >= 0.3 is 6.03 Å². The number of amidine groups is 1. The maximum atomic E-state index is 16.3. The molecule has 5 N–H and O–H groups in total. The van der Waals surface area contributed by atoms with Crippen LogP contribution in [0, 0.1) is 18.7 Å². The van der Waals surface area contributed by atoms with Gasteiger partial charge < -0.3 is 31.0 Å². The first-order chi connectivity index (χ1) is 30.7. The van der Waals surface area contributed by atoms with Crippen LogP contribution in [0.1, 0.15) is 58.2 Å². The monoisotopic (exact) mass is 852 g/mol. The molecule has 3 saturated heterocycles. The van der Waals surface area contributed by atoms with Crippen molar-refractivity contribution in [1.82, 2.24) is 30.3 Å². The van der Waals surface area contributed by atoms with Crippen LogP contribution in [0.4, 0.5) is 37.8 Å². The number of halogens is 1. The molecule has 5 aliphatic rings. The Morgan fingerprint density at radius 3 is 2.37 bits per heavy atom. The molecule has 2 aromatic heterocycles. The summed E-state index contributed by atoms with van der Waals surface area (Å²) in [4.78, 5) is 55.9. The Bertz CT molecular complexity index is 2600. The number of benzene rings is 3. The van der Waals surface area contributed by atoms with Crippen LogP contribution in [-0.4, -0.2) is 95.7 Å². The zero-order valence-corrected chi connectivity index (χ0v) is 35.0. The summed E-state index contributed by atoms with van der Waals surface area (Å²) in [7, 11) is 0. The van der Waals surface area contributed by atoms with E-state index in [0.717, 1.165) is 87.0 Å². The lowest BCUT2D eigenvalue weighted by atomic mass is 9.95. The first kappa shape index (κ1) is 40.1. The Kier molecular flexibility index (Phi) is 10.6. The van der Waals surface area contributed by atoms with Crippen molar-refractivity contribution in [1.29, 1.82) is 0 Å². The van der Waals surface area contributed by atoms with Crippen molar-refractivity contribution < 1.29 is 23.6 Å². The smallest absolute Gasteiger partial charge is 0.328 e. The number of nitrogens with two attached hydrogens (primary N) is 1. The van der Waals surface area contributed by atoms with E-state index in [0.29, 0.717) is 60.3 Å². The van der Waals surface area contributed by atoms with Gasteiger partial charge in [0.15, 0.2) is 5.84 Å². The Morgan fingerprint density at radius 2 is 1.62 bits per heavy atom. The lowest BCUT2D eigenvalue weighted by molar-refractivity contribution is -0.120. The molecule has 63 heavy (non-hydrogen) atoms. The number of piperazine rings is 1. The summed E-state index contributed by atoms with van der Waals surface area (Å²) in [6.45, 7) is 9.48. The minimum atomic E-state index is -0.714. The summed E-state index contributed by atoms with van der Waals surface area (Å²) < 4.78 is 18.0. The summed E-state index contributed by atoms with van der Waals surface area (Å²) in [5.74, 6) is 0.0837. The molecule has 3 fully saturated rings.